The average Bonchev–Trinajstić information content (AvgIpc) is 3.51. The highest BCUT2D eigenvalue weighted by Crippen LogP contribution is 2.25. The second kappa shape index (κ2) is 10.8. The number of aliphatic imine (C=N–C) groups is 1. The summed E-state index contributed by atoms with van der Waals surface area (Å²) in [6.45, 7) is 3.51. The highest BCUT2D eigenvalue weighted by Gasteiger charge is 2.31. The van der Waals surface area contributed by atoms with E-state index in [0.29, 0.717) is 25.5 Å². The first-order chi connectivity index (χ1) is 14.2. The van der Waals surface area contributed by atoms with Crippen LogP contribution in [0.25, 0.3) is 0 Å². The molecule has 0 radical (unpaired) electrons. The van der Waals surface area contributed by atoms with Gasteiger partial charge in [0.15, 0.2) is 5.96 Å². The van der Waals surface area contributed by atoms with E-state index in [1.165, 1.54) is 12.8 Å². The second-order valence-corrected chi connectivity index (χ2v) is 7.61. The van der Waals surface area contributed by atoms with Gasteiger partial charge < -0.3 is 20.0 Å². The van der Waals surface area contributed by atoms with Gasteiger partial charge in [0.2, 0.25) is 5.91 Å². The van der Waals surface area contributed by atoms with Gasteiger partial charge in [-0.15, -0.1) is 24.0 Å². The number of halogens is 1. The van der Waals surface area contributed by atoms with Gasteiger partial charge in [-0.1, -0.05) is 18.2 Å². The Bertz CT molecular complexity index is 821. The molecule has 2 fully saturated rings. The van der Waals surface area contributed by atoms with Crippen molar-refractivity contribution in [2.24, 2.45) is 4.99 Å². The van der Waals surface area contributed by atoms with Gasteiger partial charge in [0.05, 0.1) is 18.3 Å². The van der Waals surface area contributed by atoms with Crippen molar-refractivity contribution in [1.29, 1.82) is 0 Å². The van der Waals surface area contributed by atoms with Crippen molar-refractivity contribution < 1.29 is 9.21 Å². The number of para-hydroxylation sites is 1. The quantitative estimate of drug-likeness (QED) is 0.346. The van der Waals surface area contributed by atoms with E-state index in [4.69, 9.17) is 4.42 Å². The third-order valence-corrected chi connectivity index (χ3v) is 5.67. The van der Waals surface area contributed by atoms with Gasteiger partial charge in [0, 0.05) is 32.2 Å². The van der Waals surface area contributed by atoms with Gasteiger partial charge in [-0.25, -0.2) is 0 Å². The molecule has 0 spiro atoms. The molecule has 2 aromatic rings. The van der Waals surface area contributed by atoms with Gasteiger partial charge in [-0.3, -0.25) is 14.7 Å². The molecule has 1 aromatic carbocycles. The minimum absolute atomic E-state index is 0. The van der Waals surface area contributed by atoms with Gasteiger partial charge in [-0.05, 0) is 50.2 Å². The van der Waals surface area contributed by atoms with Crippen molar-refractivity contribution in [2.75, 3.05) is 38.1 Å². The summed E-state index contributed by atoms with van der Waals surface area (Å²) in [5, 5.41) is 6.85. The molecule has 0 aliphatic carbocycles. The van der Waals surface area contributed by atoms with Crippen LogP contribution in [-0.4, -0.2) is 56.0 Å². The lowest BCUT2D eigenvalue weighted by Crippen LogP contribution is -2.47. The number of anilines is 1. The number of nitrogens with one attached hydrogen (secondary N) is 2. The number of hydrogen-bond donors (Lipinski definition) is 2. The number of amides is 1. The first-order valence-electron chi connectivity index (χ1n) is 10.3. The number of furan rings is 1. The van der Waals surface area contributed by atoms with Gasteiger partial charge in [-0.2, -0.15) is 0 Å². The number of guanidine groups is 1. The molecule has 0 saturated carbocycles. The summed E-state index contributed by atoms with van der Waals surface area (Å²) in [6, 6.07) is 14.0. The van der Waals surface area contributed by atoms with E-state index in [9.17, 15) is 4.79 Å². The maximum Gasteiger partial charge on any atom is 0.229 e. The standard InChI is InChI=1S/C22H29N5O2.HI/c1-23-22(24-15-19(20-10-7-13-29-20)26-11-5-6-12-26)25-17-14-21(28)27(16-17)18-8-3-2-4-9-18;/h2-4,7-10,13,17,19H,5-6,11-12,14-16H2,1H3,(H2,23,24,25);1H. The number of likely N-dealkylation sites (tertiary alicyclic amines) is 1. The van der Waals surface area contributed by atoms with Crippen LogP contribution in [-0.2, 0) is 4.79 Å². The third-order valence-electron chi connectivity index (χ3n) is 5.67. The first kappa shape index (κ1) is 22.6. The first-order valence-corrected chi connectivity index (χ1v) is 10.3. The van der Waals surface area contributed by atoms with Crippen molar-refractivity contribution in [2.45, 2.75) is 31.3 Å². The normalized spacial score (nSPS) is 20.8. The number of rotatable bonds is 6. The predicted molar refractivity (Wildman–Crippen MR) is 129 cm³/mol. The van der Waals surface area contributed by atoms with Gasteiger partial charge in [0.1, 0.15) is 5.76 Å². The molecule has 8 heteroatoms. The topological polar surface area (TPSA) is 73.1 Å². The maximum atomic E-state index is 12.5. The van der Waals surface area contributed by atoms with Crippen LogP contribution >= 0.6 is 24.0 Å². The van der Waals surface area contributed by atoms with E-state index in [2.05, 4.69) is 20.5 Å². The van der Waals surface area contributed by atoms with E-state index >= 15 is 0 Å². The molecule has 0 bridgehead atoms. The monoisotopic (exact) mass is 523 g/mol. The Morgan fingerprint density at radius 1 is 1.20 bits per heavy atom. The summed E-state index contributed by atoms with van der Waals surface area (Å²) >= 11 is 0. The molecule has 2 atom stereocenters. The van der Waals surface area contributed by atoms with Gasteiger partial charge >= 0.3 is 0 Å². The second-order valence-electron chi connectivity index (χ2n) is 7.61. The molecular weight excluding hydrogens is 493 g/mol. The molecule has 1 aromatic heterocycles. The highest BCUT2D eigenvalue weighted by molar-refractivity contribution is 14.0. The molecule has 2 aliphatic heterocycles. The molecule has 3 heterocycles. The fourth-order valence-electron chi connectivity index (χ4n) is 4.19. The molecule has 162 valence electrons. The largest absolute Gasteiger partial charge is 0.468 e. The van der Waals surface area contributed by atoms with E-state index in [-0.39, 0.29) is 42.0 Å². The zero-order chi connectivity index (χ0) is 20.1. The van der Waals surface area contributed by atoms with Crippen LogP contribution in [0.2, 0.25) is 0 Å². The highest BCUT2D eigenvalue weighted by atomic mass is 127. The number of nitrogens with zero attached hydrogens (tertiary/aromatic N) is 3. The lowest BCUT2D eigenvalue weighted by molar-refractivity contribution is -0.117. The number of benzene rings is 1. The smallest absolute Gasteiger partial charge is 0.229 e. The summed E-state index contributed by atoms with van der Waals surface area (Å²) in [7, 11) is 1.76. The fourth-order valence-corrected chi connectivity index (χ4v) is 4.19. The van der Waals surface area contributed by atoms with Crippen LogP contribution in [0.4, 0.5) is 5.69 Å². The number of hydrogen-bond acceptors (Lipinski definition) is 4. The van der Waals surface area contributed by atoms with Crippen LogP contribution in [0.1, 0.15) is 31.1 Å². The SMILES string of the molecule is CN=C(NCC(c1ccco1)N1CCCC1)NC1CC(=O)N(c2ccccc2)C1.I. The molecule has 1 amide bonds. The minimum Gasteiger partial charge on any atom is -0.468 e. The van der Waals surface area contributed by atoms with Crippen molar-refractivity contribution >= 4 is 41.5 Å². The summed E-state index contributed by atoms with van der Waals surface area (Å²) < 4.78 is 5.69. The van der Waals surface area contributed by atoms with E-state index < -0.39 is 0 Å². The molecule has 30 heavy (non-hydrogen) atoms. The lowest BCUT2D eigenvalue weighted by Gasteiger charge is -2.27. The van der Waals surface area contributed by atoms with Crippen LogP contribution in [0.5, 0.6) is 0 Å². The summed E-state index contributed by atoms with van der Waals surface area (Å²) in [6.07, 6.45) is 4.64. The van der Waals surface area contributed by atoms with E-state index in [1.807, 2.05) is 47.4 Å². The molecule has 4 rings (SSSR count). The van der Waals surface area contributed by atoms with Crippen LogP contribution in [0.3, 0.4) is 0 Å². The Labute approximate surface area is 194 Å². The molecule has 2 saturated heterocycles. The Morgan fingerprint density at radius 2 is 1.97 bits per heavy atom. The zero-order valence-corrected chi connectivity index (χ0v) is 19.6. The minimum atomic E-state index is 0. The molecule has 2 aliphatic rings. The average molecular weight is 523 g/mol. The summed E-state index contributed by atoms with van der Waals surface area (Å²) in [5.41, 5.74) is 0.941. The Balaban J connectivity index is 0.00000256. The van der Waals surface area contributed by atoms with Crippen LogP contribution < -0.4 is 15.5 Å². The Morgan fingerprint density at radius 3 is 2.63 bits per heavy atom. The zero-order valence-electron chi connectivity index (χ0n) is 17.3. The molecular formula is C22H30IN5O2. The van der Waals surface area contributed by atoms with Crippen LogP contribution in [0.15, 0.2) is 58.1 Å². The molecule has 2 N–H and O–H groups in total. The summed E-state index contributed by atoms with van der Waals surface area (Å²) in [4.78, 5) is 21.1. The predicted octanol–water partition coefficient (Wildman–Crippen LogP) is 3.01. The Hall–Kier alpha value is -2.07. The van der Waals surface area contributed by atoms with Crippen molar-refractivity contribution in [3.8, 4) is 0 Å². The van der Waals surface area contributed by atoms with Gasteiger partial charge in [0.25, 0.3) is 0 Å². The van der Waals surface area contributed by atoms with Crippen molar-refractivity contribution in [3.63, 3.8) is 0 Å². The van der Waals surface area contributed by atoms with E-state index in [1.54, 1.807) is 13.3 Å². The molecule has 7 nitrogen and oxygen atoms in total. The number of carbonyl (C=O) groups excluding carboxylic acids is 1. The summed E-state index contributed by atoms with van der Waals surface area (Å²) in [5.74, 6) is 1.82. The lowest BCUT2D eigenvalue weighted by atomic mass is 10.2. The van der Waals surface area contributed by atoms with Crippen molar-refractivity contribution in [1.82, 2.24) is 15.5 Å². The van der Waals surface area contributed by atoms with E-state index in [0.717, 1.165) is 24.5 Å². The molecule has 2 unspecified atom stereocenters. The van der Waals surface area contributed by atoms with Crippen molar-refractivity contribution in [3.05, 3.63) is 54.5 Å². The number of carbonyl (C=O) groups is 1. The fraction of sp³-hybridized carbons (Fsp3) is 0.455. The van der Waals surface area contributed by atoms with Crippen LogP contribution in [0, 0.1) is 0 Å². The Kier molecular flexibility index (Phi) is 8.15. The maximum absolute atomic E-state index is 12.5. The third kappa shape index (κ3) is 5.34.